The molecule has 238 valence electrons. The standard InChI is InChI=1S/C32H28Cl2F2N2O6.H2O/c33-23-15-37-16-24(34)22(23)13-28(19-10-11-27(44-32(35)36)29(12-19)42-17-18-8-9-18)43-31(41)21-5-3-4-20(30(21)40)14-38-25-6-1-2-7-26(25)39;/h1-7,10-12,15-16,18,28,32,38-40H,8-9,13-14,17H2;1H2/t28-;/m0./s1. The Morgan fingerprint density at radius 1 is 1.00 bits per heavy atom. The van der Waals surface area contributed by atoms with E-state index in [1.54, 1.807) is 30.3 Å². The van der Waals surface area contributed by atoms with Gasteiger partial charge in [-0.15, -0.1) is 0 Å². The number of esters is 1. The molecule has 4 aromatic rings. The van der Waals surface area contributed by atoms with Gasteiger partial charge >= 0.3 is 12.6 Å². The Kier molecular flexibility index (Phi) is 11.3. The van der Waals surface area contributed by atoms with Gasteiger partial charge in [-0.05, 0) is 54.7 Å². The zero-order valence-corrected chi connectivity index (χ0v) is 25.2. The maximum atomic E-state index is 13.5. The Bertz CT molecular complexity index is 1620. The zero-order chi connectivity index (χ0) is 31.2. The first kappa shape index (κ1) is 33.6. The summed E-state index contributed by atoms with van der Waals surface area (Å²) in [7, 11) is 0. The highest BCUT2D eigenvalue weighted by molar-refractivity contribution is 6.35. The van der Waals surface area contributed by atoms with Crippen LogP contribution in [0.1, 0.15) is 46.0 Å². The van der Waals surface area contributed by atoms with E-state index in [0.717, 1.165) is 12.8 Å². The molecule has 5 N–H and O–H groups in total. The lowest BCUT2D eigenvalue weighted by molar-refractivity contribution is -0.377. The molecule has 0 aliphatic heterocycles. The van der Waals surface area contributed by atoms with E-state index in [-0.39, 0.29) is 47.0 Å². The minimum absolute atomic E-state index is 0. The third kappa shape index (κ3) is 8.65. The number of halogens is 4. The van der Waals surface area contributed by atoms with Crippen LogP contribution in [0, 0.1) is 5.92 Å². The van der Waals surface area contributed by atoms with Crippen molar-refractivity contribution in [1.29, 1.82) is 0 Å². The maximum Gasteiger partial charge on any atom is 0.387 e. The number of carbonyl (C=O) groups is 1. The van der Waals surface area contributed by atoms with Crippen molar-refractivity contribution in [3.63, 3.8) is 0 Å². The van der Waals surface area contributed by atoms with Gasteiger partial charge in [0.2, 0.25) is 0 Å². The average Bonchev–Trinajstić information content (AvgIpc) is 3.82. The number of aromatic amines is 1. The normalized spacial score (nSPS) is 13.1. The van der Waals surface area contributed by atoms with Crippen LogP contribution in [0.4, 0.5) is 14.5 Å². The summed E-state index contributed by atoms with van der Waals surface area (Å²) in [5, 5.41) is 24.7. The number of phenols is 2. The molecule has 0 unspecified atom stereocenters. The van der Waals surface area contributed by atoms with Crippen LogP contribution in [0.15, 0.2) is 73.1 Å². The van der Waals surface area contributed by atoms with Crippen LogP contribution < -0.4 is 19.8 Å². The number of aromatic hydroxyl groups is 2. The molecule has 5 rings (SSSR count). The Hall–Kier alpha value is -4.32. The second kappa shape index (κ2) is 15.1. The second-order valence-electron chi connectivity index (χ2n) is 10.3. The number of aromatic nitrogens is 1. The number of nitrogens with one attached hydrogen (secondary N) is 2. The van der Waals surface area contributed by atoms with Crippen LogP contribution in [0.2, 0.25) is 10.0 Å². The maximum absolute atomic E-state index is 13.5. The minimum Gasteiger partial charge on any atom is -0.870 e. The van der Waals surface area contributed by atoms with Crippen LogP contribution in [-0.2, 0) is 17.7 Å². The van der Waals surface area contributed by atoms with Crippen LogP contribution >= 0.6 is 23.2 Å². The number of pyridine rings is 1. The Morgan fingerprint density at radius 3 is 2.42 bits per heavy atom. The highest BCUT2D eigenvalue weighted by atomic mass is 35.5. The molecule has 1 aliphatic rings. The summed E-state index contributed by atoms with van der Waals surface area (Å²) in [6.07, 6.45) is 4.02. The predicted molar refractivity (Wildman–Crippen MR) is 162 cm³/mol. The number of benzene rings is 3. The summed E-state index contributed by atoms with van der Waals surface area (Å²) in [5.41, 5.74) is 1.61. The molecule has 1 heterocycles. The third-order valence-corrected chi connectivity index (χ3v) is 7.75. The van der Waals surface area contributed by atoms with Gasteiger partial charge in [0, 0.05) is 24.1 Å². The van der Waals surface area contributed by atoms with Gasteiger partial charge < -0.3 is 35.2 Å². The number of hydrogen-bond donors (Lipinski definition) is 3. The van der Waals surface area contributed by atoms with Gasteiger partial charge in [-0.2, -0.15) is 8.78 Å². The van der Waals surface area contributed by atoms with Crippen molar-refractivity contribution in [2.24, 2.45) is 5.92 Å². The van der Waals surface area contributed by atoms with Gasteiger partial charge in [0.05, 0.1) is 12.3 Å². The highest BCUT2D eigenvalue weighted by Crippen LogP contribution is 2.38. The first-order valence-corrected chi connectivity index (χ1v) is 14.5. The van der Waals surface area contributed by atoms with Gasteiger partial charge in [-0.25, -0.2) is 9.78 Å². The topological polar surface area (TPSA) is 141 Å². The van der Waals surface area contributed by atoms with Crippen LogP contribution in [0.25, 0.3) is 0 Å². The van der Waals surface area contributed by atoms with Crippen molar-refractivity contribution in [2.75, 3.05) is 11.9 Å². The molecular weight excluding hydrogens is 633 g/mol. The lowest BCUT2D eigenvalue weighted by atomic mass is 10.0. The Balaban J connectivity index is 0.00000461. The number of ether oxygens (including phenoxy) is 3. The van der Waals surface area contributed by atoms with Gasteiger partial charge in [0.25, 0.3) is 0 Å². The molecule has 0 spiro atoms. The molecular formula is C32H30Cl2F2N2O7. The molecule has 0 saturated heterocycles. The molecule has 0 radical (unpaired) electrons. The molecule has 1 atom stereocenters. The van der Waals surface area contributed by atoms with Crippen molar-refractivity contribution >= 4 is 34.9 Å². The highest BCUT2D eigenvalue weighted by Gasteiger charge is 2.27. The van der Waals surface area contributed by atoms with Crippen molar-refractivity contribution < 1.29 is 48.5 Å². The van der Waals surface area contributed by atoms with E-state index >= 15 is 0 Å². The molecule has 13 heteroatoms. The molecule has 1 saturated carbocycles. The van der Waals surface area contributed by atoms with Gasteiger partial charge in [-0.3, -0.25) is 0 Å². The lowest BCUT2D eigenvalue weighted by Gasteiger charge is -2.22. The van der Waals surface area contributed by atoms with Gasteiger partial charge in [0.15, 0.2) is 23.9 Å². The van der Waals surface area contributed by atoms with Crippen LogP contribution in [-0.4, -0.2) is 34.9 Å². The van der Waals surface area contributed by atoms with E-state index in [1.165, 1.54) is 42.7 Å². The number of anilines is 1. The predicted octanol–water partition coefficient (Wildman–Crippen LogP) is 7.19. The number of hydrogen-bond acceptors (Lipinski definition) is 8. The molecule has 45 heavy (non-hydrogen) atoms. The molecule has 9 nitrogen and oxygen atoms in total. The number of rotatable bonds is 13. The third-order valence-electron chi connectivity index (χ3n) is 7.08. The SMILES string of the molecule is O=C(O[C@@H](Cc1c(Cl)c[nH+]cc1Cl)c1ccc(OC(F)F)c(OCC2CC2)c1)c1cccc(CNc2ccccc2O)c1O.[OH-]. The van der Waals surface area contributed by atoms with E-state index in [1.807, 2.05) is 0 Å². The summed E-state index contributed by atoms with van der Waals surface area (Å²) in [6, 6.07) is 15.6. The molecule has 0 amide bonds. The van der Waals surface area contributed by atoms with E-state index in [9.17, 15) is 23.8 Å². The van der Waals surface area contributed by atoms with Crippen molar-refractivity contribution in [2.45, 2.75) is 38.5 Å². The fourth-order valence-electron chi connectivity index (χ4n) is 4.51. The summed E-state index contributed by atoms with van der Waals surface area (Å²) >= 11 is 12.8. The largest absolute Gasteiger partial charge is 0.870 e. The first-order valence-electron chi connectivity index (χ1n) is 13.8. The Labute approximate surface area is 267 Å². The second-order valence-corrected chi connectivity index (χ2v) is 11.1. The van der Waals surface area contributed by atoms with Gasteiger partial charge in [-0.1, -0.05) is 53.5 Å². The average molecular weight is 664 g/mol. The zero-order valence-electron chi connectivity index (χ0n) is 23.7. The number of H-pyrrole nitrogens is 1. The van der Waals surface area contributed by atoms with Crippen molar-refractivity contribution in [3.8, 4) is 23.0 Å². The first-order chi connectivity index (χ1) is 21.2. The smallest absolute Gasteiger partial charge is 0.387 e. The quantitative estimate of drug-likeness (QED) is 0.101. The summed E-state index contributed by atoms with van der Waals surface area (Å²) in [6.45, 7) is -2.63. The van der Waals surface area contributed by atoms with E-state index in [0.29, 0.717) is 44.9 Å². The van der Waals surface area contributed by atoms with Crippen LogP contribution in [0.5, 0.6) is 23.0 Å². The van der Waals surface area contributed by atoms with Crippen LogP contribution in [0.3, 0.4) is 0 Å². The molecule has 1 fully saturated rings. The fourth-order valence-corrected chi connectivity index (χ4v) is 5.04. The van der Waals surface area contributed by atoms with E-state index < -0.39 is 18.7 Å². The Morgan fingerprint density at radius 2 is 1.73 bits per heavy atom. The molecule has 0 bridgehead atoms. The molecule has 1 aliphatic carbocycles. The number of phenolic OH excluding ortho intramolecular Hbond substituents is 2. The summed E-state index contributed by atoms with van der Waals surface area (Å²) < 4.78 is 42.7. The lowest BCUT2D eigenvalue weighted by Crippen LogP contribution is -2.16. The monoisotopic (exact) mass is 662 g/mol. The number of carbonyl (C=O) groups excluding carboxylic acids is 1. The molecule has 1 aromatic heterocycles. The summed E-state index contributed by atoms with van der Waals surface area (Å²) in [5.74, 6) is -0.859. The summed E-state index contributed by atoms with van der Waals surface area (Å²) in [4.78, 5) is 16.4. The van der Waals surface area contributed by atoms with Crippen molar-refractivity contribution in [1.82, 2.24) is 0 Å². The van der Waals surface area contributed by atoms with E-state index in [2.05, 4.69) is 15.0 Å². The minimum atomic E-state index is -3.06. The molecule has 3 aromatic carbocycles. The van der Waals surface area contributed by atoms with Crippen molar-refractivity contribution in [3.05, 3.63) is 105 Å². The van der Waals surface area contributed by atoms with Gasteiger partial charge in [0.1, 0.15) is 33.2 Å². The number of para-hydroxylation sites is 3. The number of alkyl halides is 2. The van der Waals surface area contributed by atoms with E-state index in [4.69, 9.17) is 32.7 Å². The fraction of sp³-hybridized carbons (Fsp3) is 0.250.